The van der Waals surface area contributed by atoms with Crippen molar-refractivity contribution in [2.75, 3.05) is 0 Å². The van der Waals surface area contributed by atoms with Crippen molar-refractivity contribution in [1.29, 1.82) is 0 Å². The summed E-state index contributed by atoms with van der Waals surface area (Å²) in [6.07, 6.45) is 35.5. The van der Waals surface area contributed by atoms with E-state index in [2.05, 4.69) is 13.8 Å². The van der Waals surface area contributed by atoms with E-state index in [9.17, 15) is 9.59 Å². The minimum atomic E-state index is -0.375. The molecule has 0 aromatic heterocycles. The zero-order valence-corrected chi connectivity index (χ0v) is 25.2. The highest BCUT2D eigenvalue weighted by Crippen LogP contribution is 2.16. The first-order chi connectivity index (χ1) is 17.6. The number of carbonyl (C=O) groups excluding carboxylic acids is 2. The molecule has 0 aliphatic carbocycles. The van der Waals surface area contributed by atoms with Gasteiger partial charge in [-0.05, 0) is 19.8 Å². The molecular formula is C34H66O2. The largest absolute Gasteiger partial charge is 0.299 e. The summed E-state index contributed by atoms with van der Waals surface area (Å²) in [4.78, 5) is 24.8. The monoisotopic (exact) mass is 507 g/mol. The molecule has 0 bridgehead atoms. The molecule has 0 aliphatic heterocycles. The molecule has 0 rings (SSSR count). The summed E-state index contributed by atoms with van der Waals surface area (Å²) in [6.45, 7) is 6.39. The predicted octanol–water partition coefficient (Wildman–Crippen LogP) is 11.7. The second-order valence-corrected chi connectivity index (χ2v) is 11.6. The van der Waals surface area contributed by atoms with Crippen LogP contribution in [0.5, 0.6) is 0 Å². The van der Waals surface area contributed by atoms with Gasteiger partial charge in [0.25, 0.3) is 0 Å². The molecule has 214 valence electrons. The average Bonchev–Trinajstić information content (AvgIpc) is 2.88. The third-order valence-corrected chi connectivity index (χ3v) is 8.02. The smallest absolute Gasteiger partial charge is 0.143 e. The van der Waals surface area contributed by atoms with Crippen molar-refractivity contribution < 1.29 is 9.59 Å². The van der Waals surface area contributed by atoms with E-state index in [-0.39, 0.29) is 17.5 Å². The summed E-state index contributed by atoms with van der Waals surface area (Å²) >= 11 is 0. The van der Waals surface area contributed by atoms with Gasteiger partial charge in [0.1, 0.15) is 11.6 Å². The van der Waals surface area contributed by atoms with Crippen molar-refractivity contribution >= 4 is 11.6 Å². The molecule has 2 nitrogen and oxygen atoms in total. The van der Waals surface area contributed by atoms with Crippen LogP contribution in [-0.2, 0) is 9.59 Å². The minimum absolute atomic E-state index is 0.178. The summed E-state index contributed by atoms with van der Waals surface area (Å²) in [7, 11) is 0. The zero-order valence-electron chi connectivity index (χ0n) is 25.2. The van der Waals surface area contributed by atoms with Crippen LogP contribution in [-0.4, -0.2) is 11.6 Å². The first kappa shape index (κ1) is 35.3. The van der Waals surface area contributed by atoms with Crippen LogP contribution in [0.3, 0.4) is 0 Å². The second kappa shape index (κ2) is 28.9. The third-order valence-electron chi connectivity index (χ3n) is 8.02. The molecule has 0 aromatic carbocycles. The highest BCUT2D eigenvalue weighted by atomic mass is 16.1. The molecule has 0 amide bonds. The normalized spacial score (nSPS) is 11.4. The number of carbonyl (C=O) groups is 2. The maximum atomic E-state index is 12.4. The molecule has 0 saturated heterocycles. The Morgan fingerprint density at radius 3 is 0.778 bits per heavy atom. The third kappa shape index (κ3) is 25.0. The molecule has 0 aliphatic rings. The topological polar surface area (TPSA) is 34.1 Å². The Bertz CT molecular complexity index is 428. The summed E-state index contributed by atoms with van der Waals surface area (Å²) in [6, 6.07) is 0. The van der Waals surface area contributed by atoms with Crippen LogP contribution >= 0.6 is 0 Å². The van der Waals surface area contributed by atoms with Crippen LogP contribution in [0.25, 0.3) is 0 Å². The maximum absolute atomic E-state index is 12.4. The molecule has 0 saturated carbocycles. The molecule has 2 heteroatoms. The lowest BCUT2D eigenvalue weighted by Gasteiger charge is -2.10. The molecule has 0 spiro atoms. The van der Waals surface area contributed by atoms with Crippen LogP contribution in [0, 0.1) is 5.92 Å². The molecule has 0 fully saturated rings. The fourth-order valence-electron chi connectivity index (χ4n) is 5.25. The van der Waals surface area contributed by atoms with Gasteiger partial charge < -0.3 is 0 Å². The summed E-state index contributed by atoms with van der Waals surface area (Å²) in [5.41, 5.74) is 0. The summed E-state index contributed by atoms with van der Waals surface area (Å²) < 4.78 is 0. The van der Waals surface area contributed by atoms with Crippen LogP contribution in [0.2, 0.25) is 0 Å². The van der Waals surface area contributed by atoms with Gasteiger partial charge in [-0.2, -0.15) is 0 Å². The Morgan fingerprint density at radius 1 is 0.361 bits per heavy atom. The number of hydrogen-bond donors (Lipinski definition) is 0. The van der Waals surface area contributed by atoms with Crippen molar-refractivity contribution in [3.63, 3.8) is 0 Å². The molecule has 0 unspecified atom stereocenters. The highest BCUT2D eigenvalue weighted by Gasteiger charge is 2.19. The Balaban J connectivity index is 3.44. The predicted molar refractivity (Wildman–Crippen MR) is 160 cm³/mol. The second-order valence-electron chi connectivity index (χ2n) is 11.6. The number of hydrogen-bond acceptors (Lipinski definition) is 2. The molecule has 0 heterocycles. The van der Waals surface area contributed by atoms with Gasteiger partial charge in [0.2, 0.25) is 0 Å². The molecule has 0 radical (unpaired) electrons. The summed E-state index contributed by atoms with van der Waals surface area (Å²) in [5, 5.41) is 0. The molecule has 0 N–H and O–H groups in total. The van der Waals surface area contributed by atoms with Crippen molar-refractivity contribution in [1.82, 2.24) is 0 Å². The lowest BCUT2D eigenvalue weighted by molar-refractivity contribution is -0.132. The first-order valence-corrected chi connectivity index (χ1v) is 16.7. The van der Waals surface area contributed by atoms with E-state index < -0.39 is 0 Å². The highest BCUT2D eigenvalue weighted by molar-refractivity contribution is 6.01. The fraction of sp³-hybridized carbons (Fsp3) is 0.941. The van der Waals surface area contributed by atoms with Gasteiger partial charge in [0.05, 0.1) is 5.92 Å². The fourth-order valence-corrected chi connectivity index (χ4v) is 5.25. The Labute approximate surface area is 227 Å². The van der Waals surface area contributed by atoms with Crippen molar-refractivity contribution in [3.05, 3.63) is 0 Å². The van der Waals surface area contributed by atoms with E-state index in [0.29, 0.717) is 12.8 Å². The Morgan fingerprint density at radius 2 is 0.556 bits per heavy atom. The quantitative estimate of drug-likeness (QED) is 0.0716. The van der Waals surface area contributed by atoms with E-state index in [0.717, 1.165) is 25.7 Å². The Kier molecular flexibility index (Phi) is 28.4. The number of ketones is 2. The van der Waals surface area contributed by atoms with Crippen LogP contribution in [0.4, 0.5) is 0 Å². The van der Waals surface area contributed by atoms with Crippen LogP contribution in [0.15, 0.2) is 0 Å². The standard InChI is InChI=1S/C34H66O2/c1-4-6-8-10-12-14-16-18-20-22-24-26-28-30-33(35)32(3)34(36)31-29-27-25-23-21-19-17-15-13-11-9-7-5-2/h32H,4-31H2,1-3H3. The number of unbranched alkanes of at least 4 members (excludes halogenated alkanes) is 24. The Hall–Kier alpha value is -0.660. The van der Waals surface area contributed by atoms with Gasteiger partial charge in [0.15, 0.2) is 0 Å². The van der Waals surface area contributed by atoms with Crippen molar-refractivity contribution in [3.8, 4) is 0 Å². The van der Waals surface area contributed by atoms with Gasteiger partial charge in [-0.25, -0.2) is 0 Å². The van der Waals surface area contributed by atoms with E-state index in [1.54, 1.807) is 0 Å². The van der Waals surface area contributed by atoms with E-state index in [1.165, 1.54) is 141 Å². The zero-order chi connectivity index (χ0) is 26.5. The molecule has 36 heavy (non-hydrogen) atoms. The van der Waals surface area contributed by atoms with E-state index in [4.69, 9.17) is 0 Å². The lowest BCUT2D eigenvalue weighted by atomic mass is 9.93. The number of Topliss-reactive ketones (excluding diaryl/α,β-unsaturated/α-hetero) is 2. The lowest BCUT2D eigenvalue weighted by Crippen LogP contribution is -2.20. The van der Waals surface area contributed by atoms with Crippen LogP contribution in [0.1, 0.15) is 201 Å². The first-order valence-electron chi connectivity index (χ1n) is 16.7. The molecule has 0 atom stereocenters. The van der Waals surface area contributed by atoms with Gasteiger partial charge in [-0.3, -0.25) is 9.59 Å². The van der Waals surface area contributed by atoms with Gasteiger partial charge in [0, 0.05) is 12.8 Å². The van der Waals surface area contributed by atoms with Gasteiger partial charge in [-0.1, -0.05) is 168 Å². The van der Waals surface area contributed by atoms with Gasteiger partial charge >= 0.3 is 0 Å². The number of rotatable bonds is 30. The average molecular weight is 507 g/mol. The maximum Gasteiger partial charge on any atom is 0.143 e. The van der Waals surface area contributed by atoms with E-state index >= 15 is 0 Å². The van der Waals surface area contributed by atoms with Crippen molar-refractivity contribution in [2.24, 2.45) is 5.92 Å². The molecule has 0 aromatic rings. The molecular weight excluding hydrogens is 440 g/mol. The SMILES string of the molecule is CCCCCCCCCCCCCCCC(=O)C(C)C(=O)CCCCCCCCCCCCCCC. The van der Waals surface area contributed by atoms with E-state index in [1.807, 2.05) is 6.92 Å². The van der Waals surface area contributed by atoms with Gasteiger partial charge in [-0.15, -0.1) is 0 Å². The van der Waals surface area contributed by atoms with Crippen molar-refractivity contribution in [2.45, 2.75) is 201 Å². The summed E-state index contributed by atoms with van der Waals surface area (Å²) in [5.74, 6) is -0.0183. The van der Waals surface area contributed by atoms with Crippen LogP contribution < -0.4 is 0 Å². The minimum Gasteiger partial charge on any atom is -0.299 e.